The Bertz CT molecular complexity index is 371. The SMILES string of the molecule is N#CN(C(N)=NCCN)C1[CH]CCCC1NC(=N)N. The highest BCUT2D eigenvalue weighted by atomic mass is 15.3. The smallest absolute Gasteiger partial charge is 0.205 e. The summed E-state index contributed by atoms with van der Waals surface area (Å²) in [6.07, 6.45) is 6.74. The summed E-state index contributed by atoms with van der Waals surface area (Å²) in [6, 6.07) is -0.360. The first-order valence-electron chi connectivity index (χ1n) is 6.23. The average Bonchev–Trinajstić information content (AvgIpc) is 2.38. The Morgan fingerprint density at radius 2 is 2.32 bits per heavy atom. The molecule has 0 saturated heterocycles. The van der Waals surface area contributed by atoms with Gasteiger partial charge in [0.05, 0.1) is 18.6 Å². The molecule has 1 radical (unpaired) electrons. The molecule has 19 heavy (non-hydrogen) atoms. The fourth-order valence-corrected chi connectivity index (χ4v) is 2.13. The zero-order chi connectivity index (χ0) is 14.3. The zero-order valence-electron chi connectivity index (χ0n) is 10.8. The van der Waals surface area contributed by atoms with Gasteiger partial charge in [0.2, 0.25) is 5.96 Å². The predicted molar refractivity (Wildman–Crippen MR) is 73.8 cm³/mol. The van der Waals surface area contributed by atoms with Crippen LogP contribution < -0.4 is 22.5 Å². The fraction of sp³-hybridized carbons (Fsp3) is 0.636. The molecule has 8 nitrogen and oxygen atoms in total. The minimum atomic E-state index is -0.246. The monoisotopic (exact) mass is 265 g/mol. The van der Waals surface area contributed by atoms with Crippen molar-refractivity contribution in [2.45, 2.75) is 31.3 Å². The van der Waals surface area contributed by atoms with Gasteiger partial charge in [-0.1, -0.05) is 6.42 Å². The van der Waals surface area contributed by atoms with E-state index in [1.54, 1.807) is 0 Å². The van der Waals surface area contributed by atoms with Crippen LogP contribution in [-0.4, -0.2) is 42.0 Å². The Morgan fingerprint density at radius 3 is 2.89 bits per heavy atom. The van der Waals surface area contributed by atoms with Crippen molar-refractivity contribution in [2.75, 3.05) is 13.1 Å². The maximum Gasteiger partial charge on any atom is 0.205 e. The number of nitrogens with two attached hydrogens (primary N) is 3. The number of guanidine groups is 2. The molecule has 2 atom stereocenters. The topological polar surface area (TPSA) is 153 Å². The second-order valence-electron chi connectivity index (χ2n) is 4.32. The molecule has 2 unspecified atom stereocenters. The van der Waals surface area contributed by atoms with Gasteiger partial charge < -0.3 is 22.5 Å². The first-order valence-corrected chi connectivity index (χ1v) is 6.23. The van der Waals surface area contributed by atoms with Crippen LogP contribution in [0.15, 0.2) is 4.99 Å². The van der Waals surface area contributed by atoms with E-state index in [4.69, 9.17) is 22.6 Å². The molecule has 0 heterocycles. The van der Waals surface area contributed by atoms with Crippen LogP contribution in [0.4, 0.5) is 0 Å². The first-order chi connectivity index (χ1) is 9.10. The Hall–Kier alpha value is -2.01. The molecule has 1 fully saturated rings. The molecule has 0 bridgehead atoms. The van der Waals surface area contributed by atoms with Gasteiger partial charge in [0.25, 0.3) is 0 Å². The maximum atomic E-state index is 9.25. The third kappa shape index (κ3) is 4.30. The molecule has 0 aromatic heterocycles. The van der Waals surface area contributed by atoms with Crippen LogP contribution >= 0.6 is 0 Å². The van der Waals surface area contributed by atoms with Crippen molar-refractivity contribution in [3.63, 3.8) is 0 Å². The lowest BCUT2D eigenvalue weighted by atomic mass is 9.89. The average molecular weight is 265 g/mol. The standard InChI is InChI=1S/C11H21N8/c12-5-6-17-11(16)19(7-13)9-4-2-1-3-8(9)18-10(14)15/h4,8-9H,1-3,5-6,12H2,(H2,16,17)(H4,14,15,18). The van der Waals surface area contributed by atoms with E-state index in [2.05, 4.69) is 10.3 Å². The van der Waals surface area contributed by atoms with Gasteiger partial charge in [-0.25, -0.2) is 4.90 Å². The van der Waals surface area contributed by atoms with Crippen LogP contribution in [0, 0.1) is 23.3 Å². The van der Waals surface area contributed by atoms with Crippen LogP contribution in [0.25, 0.3) is 0 Å². The molecule has 1 rings (SSSR count). The summed E-state index contributed by atoms with van der Waals surface area (Å²) in [4.78, 5) is 5.39. The summed E-state index contributed by atoms with van der Waals surface area (Å²) >= 11 is 0. The van der Waals surface area contributed by atoms with Gasteiger partial charge in [-0.05, 0) is 19.3 Å². The van der Waals surface area contributed by atoms with E-state index in [9.17, 15) is 5.26 Å². The molecule has 8 N–H and O–H groups in total. The molecule has 1 aliphatic rings. The third-order valence-electron chi connectivity index (χ3n) is 2.94. The summed E-state index contributed by atoms with van der Waals surface area (Å²) in [5.41, 5.74) is 16.5. The highest BCUT2D eigenvalue weighted by Crippen LogP contribution is 2.22. The molecular weight excluding hydrogens is 244 g/mol. The van der Waals surface area contributed by atoms with Crippen LogP contribution in [0.3, 0.4) is 0 Å². The predicted octanol–water partition coefficient (Wildman–Crippen LogP) is -1.35. The van der Waals surface area contributed by atoms with Gasteiger partial charge in [0.15, 0.2) is 12.2 Å². The maximum absolute atomic E-state index is 9.25. The number of nitrogens with one attached hydrogen (secondary N) is 2. The van der Waals surface area contributed by atoms with Crippen molar-refractivity contribution in [3.05, 3.63) is 6.42 Å². The number of hydrogen-bond acceptors (Lipinski definition) is 4. The molecule has 0 aliphatic heterocycles. The lowest BCUT2D eigenvalue weighted by Crippen LogP contribution is -2.56. The van der Waals surface area contributed by atoms with Crippen molar-refractivity contribution >= 4 is 11.9 Å². The van der Waals surface area contributed by atoms with Gasteiger partial charge in [-0.3, -0.25) is 10.4 Å². The minimum Gasteiger partial charge on any atom is -0.370 e. The van der Waals surface area contributed by atoms with E-state index in [0.717, 1.165) is 19.3 Å². The zero-order valence-corrected chi connectivity index (χ0v) is 10.8. The quantitative estimate of drug-likeness (QED) is 0.183. The van der Waals surface area contributed by atoms with Crippen LogP contribution in [-0.2, 0) is 0 Å². The number of hydrogen-bond donors (Lipinski definition) is 5. The first kappa shape index (κ1) is 15.0. The van der Waals surface area contributed by atoms with Gasteiger partial charge in [-0.2, -0.15) is 5.26 Å². The molecule has 0 spiro atoms. The highest BCUT2D eigenvalue weighted by molar-refractivity contribution is 5.80. The van der Waals surface area contributed by atoms with Gasteiger partial charge >= 0.3 is 0 Å². The van der Waals surface area contributed by atoms with Crippen molar-refractivity contribution in [3.8, 4) is 6.19 Å². The minimum absolute atomic E-state index is 0.111. The van der Waals surface area contributed by atoms with Crippen LogP contribution in [0.5, 0.6) is 0 Å². The summed E-state index contributed by atoms with van der Waals surface area (Å²) in [6.45, 7) is 0.755. The molecule has 1 aliphatic carbocycles. The Kier molecular flexibility index (Phi) is 5.89. The van der Waals surface area contributed by atoms with Crippen molar-refractivity contribution in [1.29, 1.82) is 10.7 Å². The van der Waals surface area contributed by atoms with E-state index in [1.165, 1.54) is 4.90 Å². The Morgan fingerprint density at radius 1 is 1.58 bits per heavy atom. The second-order valence-corrected chi connectivity index (χ2v) is 4.32. The molecule has 0 amide bonds. The fourth-order valence-electron chi connectivity index (χ4n) is 2.13. The Balaban J connectivity index is 2.81. The van der Waals surface area contributed by atoms with Crippen LogP contribution in [0.2, 0.25) is 0 Å². The third-order valence-corrected chi connectivity index (χ3v) is 2.94. The highest BCUT2D eigenvalue weighted by Gasteiger charge is 2.32. The summed E-state index contributed by atoms with van der Waals surface area (Å²) in [5, 5.41) is 19.4. The molecular formula is C11H21N8. The second kappa shape index (κ2) is 7.43. The van der Waals surface area contributed by atoms with E-state index >= 15 is 0 Å². The molecule has 0 aromatic rings. The summed E-state index contributed by atoms with van der Waals surface area (Å²) in [5.74, 6) is 0.0344. The largest absolute Gasteiger partial charge is 0.370 e. The number of nitriles is 1. The number of aliphatic imine (C=N–C) groups is 1. The lowest BCUT2D eigenvalue weighted by molar-refractivity contribution is 0.307. The van der Waals surface area contributed by atoms with E-state index < -0.39 is 0 Å². The van der Waals surface area contributed by atoms with E-state index in [-0.39, 0.29) is 24.0 Å². The normalized spacial score (nSPS) is 23.5. The molecule has 0 aromatic carbocycles. The number of nitrogens with zero attached hydrogens (tertiary/aromatic N) is 3. The Labute approximate surface area is 113 Å². The van der Waals surface area contributed by atoms with E-state index in [1.807, 2.05) is 12.6 Å². The lowest BCUT2D eigenvalue weighted by Gasteiger charge is -2.36. The van der Waals surface area contributed by atoms with Gasteiger partial charge in [0.1, 0.15) is 0 Å². The molecule has 105 valence electrons. The van der Waals surface area contributed by atoms with Crippen molar-refractivity contribution in [1.82, 2.24) is 10.2 Å². The van der Waals surface area contributed by atoms with Crippen molar-refractivity contribution < 1.29 is 0 Å². The number of rotatable bonds is 4. The molecule has 1 saturated carbocycles. The molecule has 8 heteroatoms. The van der Waals surface area contributed by atoms with Gasteiger partial charge in [0, 0.05) is 6.54 Å². The van der Waals surface area contributed by atoms with Crippen molar-refractivity contribution in [2.24, 2.45) is 22.2 Å². The van der Waals surface area contributed by atoms with E-state index in [0.29, 0.717) is 13.1 Å². The summed E-state index contributed by atoms with van der Waals surface area (Å²) < 4.78 is 0. The van der Waals surface area contributed by atoms with Crippen LogP contribution in [0.1, 0.15) is 19.3 Å². The van der Waals surface area contributed by atoms with Gasteiger partial charge in [-0.15, -0.1) is 0 Å². The summed E-state index contributed by atoms with van der Waals surface area (Å²) in [7, 11) is 0.